The Morgan fingerprint density at radius 2 is 0.546 bits per heavy atom. The van der Waals surface area contributed by atoms with Gasteiger partial charge in [-0.25, -0.2) is 0 Å². The molecular weight excluding hydrogens is 1630 g/mol. The highest BCUT2D eigenvalue weighted by atomic mass is 16.8. The molecular formula is C67H118N4O48. The van der Waals surface area contributed by atoms with Gasteiger partial charge in [0.25, 0.3) is 0 Å². The van der Waals surface area contributed by atoms with Crippen LogP contribution in [0.3, 0.4) is 0 Å². The predicted octanol–water partition coefficient (Wildman–Crippen LogP) is -16.5. The van der Waals surface area contributed by atoms with Gasteiger partial charge >= 0.3 is 0 Å². The minimum atomic E-state index is -2.29. The van der Waals surface area contributed by atoms with Crippen LogP contribution >= 0.6 is 0 Å². The van der Waals surface area contributed by atoms with Gasteiger partial charge < -0.3 is 237 Å². The SMILES string of the molecule is [N-]=[N+]=NCCOCCOCCOCCOCCOCCOCCOCCOCCC(=O)NCC1O[C@H](O[C@@H]2C(CO)O[C@H](O[C@@H]3C(CO)O[C@H](O[C@@H]4C(CO)O[C@H](O[C@@H]5C(CO)O[C@H](O[C@@H]6C(CO)O[C@@H](O[C@@H]7C(CO)O[C@H](O)[C@@H](O)C7O)C(O)[C@H]6O)C(O)[C@H]5O)C(O)[C@H]4O)C(O)[C@H]3O)C(O)[C@H]2O)[C@@H](O)C(O)[C@@H]1O[C@H]1OC(CO)CC(O)[C@@H]1O. The van der Waals surface area contributed by atoms with Gasteiger partial charge in [0.2, 0.25) is 5.91 Å². The molecule has 8 fully saturated rings. The van der Waals surface area contributed by atoms with Gasteiger partial charge in [-0.2, -0.15) is 0 Å². The Morgan fingerprint density at radius 3 is 0.824 bits per heavy atom. The van der Waals surface area contributed by atoms with Crippen molar-refractivity contribution in [2.75, 3.05) is 165 Å². The van der Waals surface area contributed by atoms with E-state index in [0.717, 1.165) is 0 Å². The lowest BCUT2D eigenvalue weighted by molar-refractivity contribution is -0.398. The van der Waals surface area contributed by atoms with E-state index in [1.54, 1.807) is 0 Å². The van der Waals surface area contributed by atoms with Crippen molar-refractivity contribution in [2.45, 2.75) is 252 Å². The summed E-state index contributed by atoms with van der Waals surface area (Å²) in [5, 5.41) is 267. The molecule has 0 bridgehead atoms. The van der Waals surface area contributed by atoms with Crippen LogP contribution in [-0.2, 0) is 114 Å². The maximum Gasteiger partial charge on any atom is 0.222 e. The van der Waals surface area contributed by atoms with E-state index in [-0.39, 0.29) is 52.4 Å². The summed E-state index contributed by atoms with van der Waals surface area (Å²) in [6, 6.07) is 0. The molecule has 52 nitrogen and oxygen atoms in total. The molecule has 8 aliphatic heterocycles. The summed E-state index contributed by atoms with van der Waals surface area (Å²) in [6.07, 6.45) is -76.6. The number of hydrogen-bond donors (Lipinski definition) is 25. The number of nitrogens with one attached hydrogen (secondary N) is 1. The minimum absolute atomic E-state index is 0.0754. The zero-order valence-electron chi connectivity index (χ0n) is 64.5. The van der Waals surface area contributed by atoms with Crippen molar-refractivity contribution >= 4 is 5.91 Å². The maximum atomic E-state index is 13.2. The molecule has 0 saturated carbocycles. The Morgan fingerprint density at radius 1 is 0.303 bits per heavy atom. The summed E-state index contributed by atoms with van der Waals surface area (Å²) in [6.45, 7) is -2.76. The van der Waals surface area contributed by atoms with E-state index in [2.05, 4.69) is 15.3 Å². The van der Waals surface area contributed by atoms with Crippen LogP contribution in [0.25, 0.3) is 10.4 Å². The molecule has 0 aromatic rings. The molecule has 16 unspecified atom stereocenters. The molecule has 0 aliphatic carbocycles. The second kappa shape index (κ2) is 51.6. The van der Waals surface area contributed by atoms with Gasteiger partial charge in [0.05, 0.1) is 164 Å². The molecule has 8 rings (SSSR count). The van der Waals surface area contributed by atoms with E-state index in [1.165, 1.54) is 0 Å². The predicted molar refractivity (Wildman–Crippen MR) is 374 cm³/mol. The number of rotatable bonds is 50. The number of azide groups is 1. The highest BCUT2D eigenvalue weighted by Crippen LogP contribution is 2.39. The van der Waals surface area contributed by atoms with Crippen LogP contribution in [0.5, 0.6) is 0 Å². The molecule has 8 saturated heterocycles. The quantitative estimate of drug-likeness (QED) is 0.0116. The highest BCUT2D eigenvalue weighted by Gasteiger charge is 2.59. The molecule has 119 heavy (non-hydrogen) atoms. The zero-order chi connectivity index (χ0) is 86.6. The summed E-state index contributed by atoms with van der Waals surface area (Å²) >= 11 is 0. The maximum absolute atomic E-state index is 13.2. The van der Waals surface area contributed by atoms with E-state index in [4.69, 9.17) is 114 Å². The van der Waals surface area contributed by atoms with Crippen molar-refractivity contribution in [3.05, 3.63) is 10.4 Å². The molecule has 0 aromatic heterocycles. The van der Waals surface area contributed by atoms with Crippen molar-refractivity contribution in [1.82, 2.24) is 5.32 Å². The van der Waals surface area contributed by atoms with Crippen LogP contribution in [-0.4, -0.2) is 533 Å². The number of carbonyl (C=O) groups excluding carboxylic acids is 1. The summed E-state index contributed by atoms with van der Waals surface area (Å²) in [4.78, 5) is 15.8. The number of ether oxygens (including phenoxy) is 23. The Hall–Kier alpha value is -3.10. The lowest BCUT2D eigenvalue weighted by Gasteiger charge is -2.50. The minimum Gasteiger partial charge on any atom is -0.394 e. The zero-order valence-corrected chi connectivity index (χ0v) is 64.5. The van der Waals surface area contributed by atoms with E-state index in [1.807, 2.05) is 0 Å². The van der Waals surface area contributed by atoms with E-state index in [9.17, 15) is 127 Å². The second-order valence-electron chi connectivity index (χ2n) is 28.5. The molecule has 8 aliphatic rings. The first kappa shape index (κ1) is 101. The number of carbonyl (C=O) groups is 1. The van der Waals surface area contributed by atoms with Crippen molar-refractivity contribution in [1.29, 1.82) is 0 Å². The van der Waals surface area contributed by atoms with Crippen LogP contribution in [0.2, 0.25) is 0 Å². The first-order valence-corrected chi connectivity index (χ1v) is 38.8. The van der Waals surface area contributed by atoms with Crippen LogP contribution in [0.15, 0.2) is 5.11 Å². The molecule has 52 heteroatoms. The first-order chi connectivity index (χ1) is 57.2. The first-order valence-electron chi connectivity index (χ1n) is 38.8. The Bertz CT molecular complexity index is 2840. The number of amides is 1. The third-order valence-electron chi connectivity index (χ3n) is 20.3. The summed E-state index contributed by atoms with van der Waals surface area (Å²) in [7, 11) is 0. The van der Waals surface area contributed by atoms with Gasteiger partial charge in [-0.3, -0.25) is 4.79 Å². The molecule has 0 spiro atoms. The molecule has 1 amide bonds. The Labute approximate surface area is 678 Å². The fourth-order valence-electron chi connectivity index (χ4n) is 13.7. The molecule has 39 atom stereocenters. The largest absolute Gasteiger partial charge is 0.394 e. The van der Waals surface area contributed by atoms with Crippen molar-refractivity contribution < 1.29 is 236 Å². The normalized spacial score (nSPS) is 42.3. The third kappa shape index (κ3) is 28.0. The topological polar surface area (TPSA) is 776 Å². The second-order valence-corrected chi connectivity index (χ2v) is 28.5. The molecule has 0 aromatic carbocycles. The van der Waals surface area contributed by atoms with Gasteiger partial charge in [-0.1, -0.05) is 5.11 Å². The number of nitrogens with zero attached hydrogens (tertiary/aromatic N) is 3. The van der Waals surface area contributed by atoms with Crippen LogP contribution in [0.1, 0.15) is 12.8 Å². The average Bonchev–Trinajstić information content (AvgIpc) is 0.773. The molecule has 25 N–H and O–H groups in total. The van der Waals surface area contributed by atoms with E-state index >= 15 is 0 Å². The van der Waals surface area contributed by atoms with Crippen molar-refractivity contribution in [3.8, 4) is 0 Å². The monoisotopic (exact) mass is 1750 g/mol. The smallest absolute Gasteiger partial charge is 0.222 e. The molecule has 0 radical (unpaired) electrons. The lowest BCUT2D eigenvalue weighted by atomic mass is 9.95. The lowest BCUT2D eigenvalue weighted by Crippen LogP contribution is -2.68. The van der Waals surface area contributed by atoms with Crippen LogP contribution < -0.4 is 5.32 Å². The fourth-order valence-corrected chi connectivity index (χ4v) is 13.7. The highest BCUT2D eigenvalue weighted by molar-refractivity contribution is 5.76. The number of aliphatic hydroxyl groups excluding tert-OH is 24. The average molecular weight is 1750 g/mol. The van der Waals surface area contributed by atoms with Gasteiger partial charge in [0, 0.05) is 30.8 Å². The van der Waals surface area contributed by atoms with Crippen LogP contribution in [0.4, 0.5) is 0 Å². The van der Waals surface area contributed by atoms with Gasteiger partial charge in [-0.05, 0) is 5.53 Å². The van der Waals surface area contributed by atoms with Gasteiger partial charge in [-0.15, -0.1) is 0 Å². The summed E-state index contributed by atoms with van der Waals surface area (Å²) < 4.78 is 129. The van der Waals surface area contributed by atoms with Gasteiger partial charge in [0.1, 0.15) is 177 Å². The standard InChI is InChI=1S/C67H118N4O48/c68-71-70-2-4-98-6-8-100-10-12-102-14-16-104-18-17-103-15-13-101-11-9-99-7-5-97-3-1-37(80)69-20-30-53(113-61-38(81)29(79)19-28(21-72)105-61)40(83)47(90)62(107-30)115-55-32(23-74)109-64(49(92)41(55)84)117-57-34(25-76)111-66(51(94)43(57)86)119-59-36(27-78)112-67(52(95)45(59)88)118-58-35(26-77)110-65(50(93)44(58)87)116-56-33(24-75)108-63(48(91)42(56)85)114-54-31(22-73)106-60(96)46(89)39(54)82/h28-36,38-67,72-79,81-96H,1-27H2,(H,69,80)/t28?,29?,30?,31?,32?,33?,34?,35?,36?,38-,39?,40?,41+,42+,43+,44+,45+,46-,47-,48?,49?,50?,51?,52?,53+,54+,55+,56+,57+,58+,59+,60-,61+,62+,63-,64+,65+,66+,67+/m0/s1. The number of hydrogen-bond acceptors (Lipinski definition) is 49. The summed E-state index contributed by atoms with van der Waals surface area (Å²) in [5.41, 5.74) is 8.23. The third-order valence-corrected chi connectivity index (χ3v) is 20.3. The van der Waals surface area contributed by atoms with E-state index < -0.39 is 298 Å². The van der Waals surface area contributed by atoms with Crippen molar-refractivity contribution in [2.24, 2.45) is 5.11 Å². The van der Waals surface area contributed by atoms with E-state index in [0.29, 0.717) is 72.7 Å². The number of aliphatic hydroxyl groups is 24. The fraction of sp³-hybridized carbons (Fsp3) is 0.985. The van der Waals surface area contributed by atoms with Gasteiger partial charge in [0.15, 0.2) is 50.3 Å². The molecule has 694 valence electrons. The Kier molecular flexibility index (Phi) is 44.0. The van der Waals surface area contributed by atoms with Crippen LogP contribution in [0, 0.1) is 0 Å². The Balaban J connectivity index is 0.775. The molecule has 8 heterocycles. The summed E-state index contributed by atoms with van der Waals surface area (Å²) in [5.74, 6) is -0.646. The van der Waals surface area contributed by atoms with Crippen molar-refractivity contribution in [3.63, 3.8) is 0 Å².